The van der Waals surface area contributed by atoms with E-state index in [2.05, 4.69) is 9.72 Å². The minimum absolute atomic E-state index is 0.385. The minimum atomic E-state index is -0.385. The van der Waals surface area contributed by atoms with E-state index in [1.165, 1.54) is 24.6 Å². The van der Waals surface area contributed by atoms with Gasteiger partial charge in [-0.1, -0.05) is 29.3 Å². The lowest BCUT2D eigenvalue weighted by Crippen LogP contribution is -1.96. The third kappa shape index (κ3) is 2.83. The molecule has 0 aliphatic carbocycles. The van der Waals surface area contributed by atoms with Crippen molar-refractivity contribution < 1.29 is 9.53 Å². The van der Waals surface area contributed by atoms with Crippen molar-refractivity contribution in [3.8, 4) is 0 Å². The van der Waals surface area contributed by atoms with Gasteiger partial charge in [0.2, 0.25) is 0 Å². The smallest absolute Gasteiger partial charge is 0.349 e. The van der Waals surface area contributed by atoms with Gasteiger partial charge >= 0.3 is 5.97 Å². The summed E-state index contributed by atoms with van der Waals surface area (Å²) in [4.78, 5) is 15.9. The normalized spacial score (nSPS) is 10.4. The first-order chi connectivity index (χ1) is 8.61. The van der Waals surface area contributed by atoms with E-state index >= 15 is 0 Å². The van der Waals surface area contributed by atoms with Crippen molar-refractivity contribution in [1.82, 2.24) is 4.98 Å². The first-order valence-corrected chi connectivity index (χ1v) is 6.65. The Bertz CT molecular complexity index is 563. The summed E-state index contributed by atoms with van der Waals surface area (Å²) in [7, 11) is 1.34. The maximum atomic E-state index is 11.3. The summed E-state index contributed by atoms with van der Waals surface area (Å²) in [6.45, 7) is 0. The van der Waals surface area contributed by atoms with Crippen LogP contribution >= 0.6 is 34.5 Å². The van der Waals surface area contributed by atoms with Crippen LogP contribution < -0.4 is 0 Å². The second-order valence-electron chi connectivity index (χ2n) is 3.49. The summed E-state index contributed by atoms with van der Waals surface area (Å²) in [5.74, 6) is -0.385. The number of methoxy groups -OCH3 is 1. The van der Waals surface area contributed by atoms with Crippen molar-refractivity contribution in [1.29, 1.82) is 0 Å². The van der Waals surface area contributed by atoms with Gasteiger partial charge in [0.05, 0.1) is 18.3 Å². The van der Waals surface area contributed by atoms with Crippen LogP contribution in [0.4, 0.5) is 0 Å². The average Bonchev–Trinajstić information content (AvgIpc) is 2.81. The number of esters is 1. The maximum absolute atomic E-state index is 11.3. The van der Waals surface area contributed by atoms with Gasteiger partial charge < -0.3 is 4.74 Å². The predicted octanol–water partition coefficient (Wildman–Crippen LogP) is 3.83. The number of thiazole rings is 1. The van der Waals surface area contributed by atoms with Crippen molar-refractivity contribution in [3.63, 3.8) is 0 Å². The van der Waals surface area contributed by atoms with Gasteiger partial charge in [-0.2, -0.15) is 0 Å². The highest BCUT2D eigenvalue weighted by molar-refractivity contribution is 7.13. The van der Waals surface area contributed by atoms with E-state index in [0.29, 0.717) is 21.3 Å². The van der Waals surface area contributed by atoms with Crippen molar-refractivity contribution in [2.24, 2.45) is 0 Å². The second kappa shape index (κ2) is 5.69. The van der Waals surface area contributed by atoms with Gasteiger partial charge in [0.25, 0.3) is 0 Å². The standard InChI is InChI=1S/C12H9Cl2NO2S/c1-17-12(16)10-6-15-11(18-10)5-7-8(13)3-2-4-9(7)14/h2-4,6H,5H2,1H3. The van der Waals surface area contributed by atoms with E-state index in [-0.39, 0.29) is 5.97 Å². The maximum Gasteiger partial charge on any atom is 0.349 e. The molecule has 6 heteroatoms. The summed E-state index contributed by atoms with van der Waals surface area (Å²) < 4.78 is 4.63. The van der Waals surface area contributed by atoms with Crippen LogP contribution in [0.3, 0.4) is 0 Å². The van der Waals surface area contributed by atoms with Crippen LogP contribution in [0.25, 0.3) is 0 Å². The van der Waals surface area contributed by atoms with Crippen molar-refractivity contribution in [2.45, 2.75) is 6.42 Å². The van der Waals surface area contributed by atoms with E-state index in [1.807, 2.05) is 0 Å². The lowest BCUT2D eigenvalue weighted by atomic mass is 10.1. The van der Waals surface area contributed by atoms with Crippen LogP contribution in [0.5, 0.6) is 0 Å². The Labute approximate surface area is 118 Å². The van der Waals surface area contributed by atoms with Crippen LogP contribution in [0.15, 0.2) is 24.4 Å². The largest absolute Gasteiger partial charge is 0.465 e. The number of halogens is 2. The SMILES string of the molecule is COC(=O)c1cnc(Cc2c(Cl)cccc2Cl)s1. The molecular weight excluding hydrogens is 293 g/mol. The van der Waals surface area contributed by atoms with Crippen LogP contribution in [-0.4, -0.2) is 18.1 Å². The van der Waals surface area contributed by atoms with Gasteiger partial charge in [0.1, 0.15) is 4.88 Å². The molecule has 1 aromatic carbocycles. The molecule has 0 unspecified atom stereocenters. The summed E-state index contributed by atoms with van der Waals surface area (Å²) in [6, 6.07) is 5.34. The molecule has 3 nitrogen and oxygen atoms in total. The van der Waals surface area contributed by atoms with Gasteiger partial charge in [-0.25, -0.2) is 9.78 Å². The van der Waals surface area contributed by atoms with Gasteiger partial charge in [-0.3, -0.25) is 0 Å². The average molecular weight is 302 g/mol. The molecule has 0 fully saturated rings. The summed E-state index contributed by atoms with van der Waals surface area (Å²) >= 11 is 13.4. The summed E-state index contributed by atoms with van der Waals surface area (Å²) in [6.07, 6.45) is 2.00. The highest BCUT2D eigenvalue weighted by Crippen LogP contribution is 2.28. The zero-order chi connectivity index (χ0) is 13.1. The first kappa shape index (κ1) is 13.3. The molecule has 2 rings (SSSR count). The third-order valence-electron chi connectivity index (χ3n) is 2.33. The Balaban J connectivity index is 2.24. The highest BCUT2D eigenvalue weighted by atomic mass is 35.5. The third-order valence-corrected chi connectivity index (χ3v) is 4.02. The van der Waals surface area contributed by atoms with Crippen LogP contribution in [0, 0.1) is 0 Å². The molecule has 0 bridgehead atoms. The predicted molar refractivity (Wildman–Crippen MR) is 72.7 cm³/mol. The van der Waals surface area contributed by atoms with E-state index in [1.54, 1.807) is 18.2 Å². The van der Waals surface area contributed by atoms with Gasteiger partial charge in [-0.05, 0) is 17.7 Å². The molecule has 0 atom stereocenters. The molecular formula is C12H9Cl2NO2S. The second-order valence-corrected chi connectivity index (χ2v) is 5.42. The Morgan fingerprint density at radius 3 is 2.67 bits per heavy atom. The molecule has 1 heterocycles. The molecule has 0 N–H and O–H groups in total. The number of carbonyl (C=O) groups excluding carboxylic acids is 1. The van der Waals surface area contributed by atoms with Crippen LogP contribution in [0.1, 0.15) is 20.2 Å². The van der Waals surface area contributed by atoms with Gasteiger partial charge in [0, 0.05) is 16.5 Å². The van der Waals surface area contributed by atoms with Crippen molar-refractivity contribution in [3.05, 3.63) is 49.9 Å². The van der Waals surface area contributed by atoms with Crippen molar-refractivity contribution in [2.75, 3.05) is 7.11 Å². The number of aromatic nitrogens is 1. The summed E-state index contributed by atoms with van der Waals surface area (Å²) in [5.41, 5.74) is 0.812. The van der Waals surface area contributed by atoms with Gasteiger partial charge in [0.15, 0.2) is 0 Å². The van der Waals surface area contributed by atoms with E-state index in [0.717, 1.165) is 10.6 Å². The molecule has 0 amide bonds. The minimum Gasteiger partial charge on any atom is -0.465 e. The number of carbonyl (C=O) groups is 1. The molecule has 0 aliphatic rings. The number of hydrogen-bond donors (Lipinski definition) is 0. The Morgan fingerprint density at radius 1 is 1.39 bits per heavy atom. The van der Waals surface area contributed by atoms with E-state index < -0.39 is 0 Å². The number of benzene rings is 1. The first-order valence-electron chi connectivity index (χ1n) is 5.07. The van der Waals surface area contributed by atoms with Crippen LogP contribution in [-0.2, 0) is 11.2 Å². The number of hydrogen-bond acceptors (Lipinski definition) is 4. The molecule has 0 saturated carbocycles. The molecule has 0 spiro atoms. The fraction of sp³-hybridized carbons (Fsp3) is 0.167. The van der Waals surface area contributed by atoms with E-state index in [4.69, 9.17) is 23.2 Å². The number of nitrogens with zero attached hydrogens (tertiary/aromatic N) is 1. The number of ether oxygens (including phenoxy) is 1. The van der Waals surface area contributed by atoms with Gasteiger partial charge in [-0.15, -0.1) is 11.3 Å². The molecule has 0 saturated heterocycles. The highest BCUT2D eigenvalue weighted by Gasteiger charge is 2.13. The topological polar surface area (TPSA) is 39.2 Å². The Hall–Kier alpha value is -1.10. The lowest BCUT2D eigenvalue weighted by Gasteiger charge is -2.03. The quantitative estimate of drug-likeness (QED) is 0.809. The van der Waals surface area contributed by atoms with Crippen molar-refractivity contribution >= 4 is 40.5 Å². The lowest BCUT2D eigenvalue weighted by molar-refractivity contribution is 0.0606. The van der Waals surface area contributed by atoms with E-state index in [9.17, 15) is 4.79 Å². The molecule has 0 radical (unpaired) electrons. The fourth-order valence-electron chi connectivity index (χ4n) is 1.44. The number of rotatable bonds is 3. The molecule has 2 aromatic rings. The summed E-state index contributed by atoms with van der Waals surface area (Å²) in [5, 5.41) is 1.96. The Morgan fingerprint density at radius 2 is 2.06 bits per heavy atom. The monoisotopic (exact) mass is 301 g/mol. The molecule has 1 aromatic heterocycles. The Kier molecular flexibility index (Phi) is 4.22. The molecule has 94 valence electrons. The fourth-order valence-corrected chi connectivity index (χ4v) is 2.82. The molecule has 18 heavy (non-hydrogen) atoms. The zero-order valence-corrected chi connectivity index (χ0v) is 11.8. The molecule has 0 aliphatic heterocycles. The van der Waals surface area contributed by atoms with Crippen LogP contribution in [0.2, 0.25) is 10.0 Å². The zero-order valence-electron chi connectivity index (χ0n) is 9.44.